The third-order valence-electron chi connectivity index (χ3n) is 1.85. The molecule has 1 aliphatic rings. The summed E-state index contributed by atoms with van der Waals surface area (Å²) < 4.78 is 0. The third-order valence-corrected chi connectivity index (χ3v) is 1.85. The van der Waals surface area contributed by atoms with E-state index in [-0.39, 0.29) is 0 Å². The van der Waals surface area contributed by atoms with Gasteiger partial charge < -0.3 is 0 Å². The van der Waals surface area contributed by atoms with E-state index in [1.54, 1.807) is 12.5 Å². The molecular formula is C8H10N4. The average Bonchev–Trinajstić information content (AvgIpc) is 2.56. The van der Waals surface area contributed by atoms with Crippen molar-refractivity contribution in [2.24, 2.45) is 9.98 Å². The average molecular weight is 162 g/mol. The summed E-state index contributed by atoms with van der Waals surface area (Å²) >= 11 is 0. The minimum atomic E-state index is 0.340. The maximum Gasteiger partial charge on any atom is 0.110 e. The van der Waals surface area contributed by atoms with E-state index in [4.69, 9.17) is 0 Å². The van der Waals surface area contributed by atoms with Crippen LogP contribution < -0.4 is 0 Å². The van der Waals surface area contributed by atoms with E-state index in [2.05, 4.69) is 27.1 Å². The van der Waals surface area contributed by atoms with E-state index >= 15 is 0 Å². The minimum absolute atomic E-state index is 0.340. The molecule has 0 aliphatic carbocycles. The van der Waals surface area contributed by atoms with Crippen molar-refractivity contribution in [2.45, 2.75) is 19.4 Å². The monoisotopic (exact) mass is 162 g/mol. The molecule has 0 radical (unpaired) electrons. The number of aliphatic imine (C=N–C) groups is 2. The van der Waals surface area contributed by atoms with E-state index in [1.807, 2.05) is 6.20 Å². The van der Waals surface area contributed by atoms with Gasteiger partial charge in [0.1, 0.15) is 6.34 Å². The quantitative estimate of drug-likeness (QED) is 0.658. The largest absolute Gasteiger partial charge is 0.285 e. The lowest BCUT2D eigenvalue weighted by Crippen LogP contribution is -2.13. The van der Waals surface area contributed by atoms with Gasteiger partial charge in [0, 0.05) is 18.2 Å². The summed E-state index contributed by atoms with van der Waals surface area (Å²) in [5, 5.41) is 6.64. The van der Waals surface area contributed by atoms with Gasteiger partial charge >= 0.3 is 0 Å². The molecule has 0 spiro atoms. The Morgan fingerprint density at radius 3 is 3.17 bits per heavy atom. The summed E-state index contributed by atoms with van der Waals surface area (Å²) in [5.74, 6) is 0. The standard InChI is InChI=1S/C8H10N4/c1-6-2-8(10-5-9-6)7-3-11-12-4-7/h3-6H,2H2,1H3,(H,11,12). The molecule has 2 rings (SSSR count). The lowest BCUT2D eigenvalue weighted by Gasteiger charge is -2.10. The number of nitrogens with one attached hydrogen (secondary N) is 1. The van der Waals surface area contributed by atoms with E-state index in [9.17, 15) is 0 Å². The summed E-state index contributed by atoms with van der Waals surface area (Å²) in [6.45, 7) is 2.07. The smallest absolute Gasteiger partial charge is 0.110 e. The zero-order valence-corrected chi connectivity index (χ0v) is 6.86. The Balaban J connectivity index is 2.26. The van der Waals surface area contributed by atoms with E-state index in [0.29, 0.717) is 6.04 Å². The topological polar surface area (TPSA) is 53.4 Å². The molecule has 0 amide bonds. The van der Waals surface area contributed by atoms with Gasteiger partial charge in [0.2, 0.25) is 0 Å². The third kappa shape index (κ3) is 1.28. The highest BCUT2D eigenvalue weighted by molar-refractivity contribution is 6.04. The van der Waals surface area contributed by atoms with Gasteiger partial charge in [0.05, 0.1) is 18.0 Å². The van der Waals surface area contributed by atoms with Gasteiger partial charge in [-0.05, 0) is 6.92 Å². The van der Waals surface area contributed by atoms with Crippen molar-refractivity contribution in [1.29, 1.82) is 0 Å². The van der Waals surface area contributed by atoms with Crippen LogP contribution in [0.2, 0.25) is 0 Å². The highest BCUT2D eigenvalue weighted by Crippen LogP contribution is 2.09. The van der Waals surface area contributed by atoms with Crippen LogP contribution in [0.25, 0.3) is 0 Å². The highest BCUT2D eigenvalue weighted by atomic mass is 15.1. The number of nitrogens with zero attached hydrogens (tertiary/aromatic N) is 3. The van der Waals surface area contributed by atoms with Crippen molar-refractivity contribution in [3.63, 3.8) is 0 Å². The Kier molecular flexibility index (Phi) is 1.74. The van der Waals surface area contributed by atoms with Crippen molar-refractivity contribution in [3.8, 4) is 0 Å². The summed E-state index contributed by atoms with van der Waals surface area (Å²) in [7, 11) is 0. The first kappa shape index (κ1) is 7.21. The van der Waals surface area contributed by atoms with Crippen molar-refractivity contribution in [3.05, 3.63) is 18.0 Å². The summed E-state index contributed by atoms with van der Waals surface area (Å²) in [4.78, 5) is 8.33. The first-order chi connectivity index (χ1) is 5.86. The number of hydrogen-bond donors (Lipinski definition) is 1. The van der Waals surface area contributed by atoms with Gasteiger partial charge in [-0.15, -0.1) is 0 Å². The second-order valence-electron chi connectivity index (χ2n) is 2.88. The maximum atomic E-state index is 4.19. The molecule has 0 aromatic carbocycles. The SMILES string of the molecule is CC1CC(c2cn[nH]c2)=NC=N1. The molecule has 1 aromatic heterocycles. The molecule has 1 atom stereocenters. The fourth-order valence-electron chi connectivity index (χ4n) is 1.20. The second-order valence-corrected chi connectivity index (χ2v) is 2.88. The zero-order valence-electron chi connectivity index (χ0n) is 6.86. The molecule has 4 nitrogen and oxygen atoms in total. The molecule has 0 bridgehead atoms. The van der Waals surface area contributed by atoms with Crippen LogP contribution in [0.3, 0.4) is 0 Å². The fourth-order valence-corrected chi connectivity index (χ4v) is 1.20. The van der Waals surface area contributed by atoms with Crippen LogP contribution in [0.5, 0.6) is 0 Å². The molecule has 62 valence electrons. The van der Waals surface area contributed by atoms with Crippen molar-refractivity contribution < 1.29 is 0 Å². The molecule has 1 aromatic rings. The first-order valence-corrected chi connectivity index (χ1v) is 3.94. The molecule has 0 fully saturated rings. The van der Waals surface area contributed by atoms with Gasteiger partial charge in [0.15, 0.2) is 0 Å². The van der Waals surface area contributed by atoms with Crippen LogP contribution >= 0.6 is 0 Å². The van der Waals surface area contributed by atoms with Crippen molar-refractivity contribution >= 4 is 12.1 Å². The Hall–Kier alpha value is -1.45. The Bertz CT molecular complexity index is 310. The Morgan fingerprint density at radius 2 is 2.50 bits per heavy atom. The van der Waals surface area contributed by atoms with Crippen LogP contribution in [-0.2, 0) is 0 Å². The summed E-state index contributed by atoms with van der Waals surface area (Å²) in [5.41, 5.74) is 2.12. The van der Waals surface area contributed by atoms with Crippen molar-refractivity contribution in [2.75, 3.05) is 0 Å². The summed E-state index contributed by atoms with van der Waals surface area (Å²) in [6, 6.07) is 0.340. The fraction of sp³-hybridized carbons (Fsp3) is 0.375. The Morgan fingerprint density at radius 1 is 1.58 bits per heavy atom. The lowest BCUT2D eigenvalue weighted by molar-refractivity contribution is 0.775. The van der Waals surface area contributed by atoms with E-state index < -0.39 is 0 Å². The normalized spacial score (nSPS) is 22.4. The molecule has 2 heterocycles. The van der Waals surface area contributed by atoms with Gasteiger partial charge in [-0.3, -0.25) is 10.1 Å². The van der Waals surface area contributed by atoms with Crippen LogP contribution in [0.4, 0.5) is 0 Å². The molecule has 0 saturated carbocycles. The number of aromatic amines is 1. The zero-order chi connectivity index (χ0) is 8.39. The number of H-pyrrole nitrogens is 1. The van der Waals surface area contributed by atoms with Gasteiger partial charge in [-0.25, -0.2) is 4.99 Å². The molecule has 4 heteroatoms. The van der Waals surface area contributed by atoms with E-state index in [1.165, 1.54) is 0 Å². The highest BCUT2D eigenvalue weighted by Gasteiger charge is 2.11. The van der Waals surface area contributed by atoms with Crippen LogP contribution in [-0.4, -0.2) is 28.3 Å². The van der Waals surface area contributed by atoms with Crippen LogP contribution in [0, 0.1) is 0 Å². The van der Waals surface area contributed by atoms with Gasteiger partial charge in [-0.2, -0.15) is 5.10 Å². The minimum Gasteiger partial charge on any atom is -0.285 e. The number of rotatable bonds is 1. The molecular weight excluding hydrogens is 152 g/mol. The maximum absolute atomic E-state index is 4.19. The molecule has 1 N–H and O–H groups in total. The number of aromatic nitrogens is 2. The lowest BCUT2D eigenvalue weighted by atomic mass is 10.1. The predicted molar refractivity (Wildman–Crippen MR) is 47.7 cm³/mol. The molecule has 0 saturated heterocycles. The molecule has 1 unspecified atom stereocenters. The van der Waals surface area contributed by atoms with Crippen LogP contribution in [0.15, 0.2) is 22.4 Å². The van der Waals surface area contributed by atoms with Gasteiger partial charge in [-0.1, -0.05) is 0 Å². The molecule has 12 heavy (non-hydrogen) atoms. The van der Waals surface area contributed by atoms with Crippen molar-refractivity contribution in [1.82, 2.24) is 10.2 Å². The van der Waals surface area contributed by atoms with E-state index in [0.717, 1.165) is 17.7 Å². The molecule has 1 aliphatic heterocycles. The number of hydrogen-bond acceptors (Lipinski definition) is 3. The van der Waals surface area contributed by atoms with Gasteiger partial charge in [0.25, 0.3) is 0 Å². The second kappa shape index (κ2) is 2.89. The Labute approximate surface area is 70.4 Å². The first-order valence-electron chi connectivity index (χ1n) is 3.94. The van der Waals surface area contributed by atoms with Crippen LogP contribution in [0.1, 0.15) is 18.9 Å². The predicted octanol–water partition coefficient (Wildman–Crippen LogP) is 1.02. The summed E-state index contributed by atoms with van der Waals surface area (Å²) in [6.07, 6.45) is 6.15.